The second-order valence-electron chi connectivity index (χ2n) is 11.1. The maximum absolute atomic E-state index is 14.2. The lowest BCUT2D eigenvalue weighted by Gasteiger charge is -2.34. The van der Waals surface area contributed by atoms with E-state index in [2.05, 4.69) is 5.32 Å². The number of rotatable bonds is 11. The van der Waals surface area contributed by atoms with Gasteiger partial charge in [-0.2, -0.15) is 0 Å². The number of hydrogen-bond donors (Lipinski definition) is 1. The molecule has 3 aromatic carbocycles. The van der Waals surface area contributed by atoms with E-state index < -0.39 is 28.5 Å². The molecular weight excluding hydrogens is 534 g/mol. The highest BCUT2D eigenvalue weighted by atomic mass is 32.2. The Bertz CT molecular complexity index is 1430. The van der Waals surface area contributed by atoms with E-state index in [-0.39, 0.29) is 23.4 Å². The molecule has 1 atom stereocenters. The predicted octanol–water partition coefficient (Wildman–Crippen LogP) is 5.67. The van der Waals surface area contributed by atoms with Crippen LogP contribution >= 0.6 is 0 Å². The zero-order chi connectivity index (χ0) is 29.6. The van der Waals surface area contributed by atoms with E-state index in [1.807, 2.05) is 64.1 Å². The van der Waals surface area contributed by atoms with E-state index in [1.165, 1.54) is 0 Å². The maximum Gasteiger partial charge on any atom is 0.264 e. The Morgan fingerprint density at radius 3 is 1.88 bits per heavy atom. The first-order valence-corrected chi connectivity index (χ1v) is 15.8. The Labute approximate surface area is 244 Å². The summed E-state index contributed by atoms with van der Waals surface area (Å²) in [5, 5.41) is 3.15. The number of hydrogen-bond acceptors (Lipinski definition) is 4. The minimum absolute atomic E-state index is 0.104. The van der Waals surface area contributed by atoms with Gasteiger partial charge in [-0.25, -0.2) is 8.42 Å². The molecule has 218 valence electrons. The molecule has 0 saturated heterocycles. The molecule has 0 heterocycles. The van der Waals surface area contributed by atoms with E-state index in [0.29, 0.717) is 12.1 Å². The van der Waals surface area contributed by atoms with Crippen molar-refractivity contribution in [2.75, 3.05) is 10.8 Å². The average molecular weight is 576 g/mol. The van der Waals surface area contributed by atoms with Crippen LogP contribution in [-0.2, 0) is 26.2 Å². The zero-order valence-corrected chi connectivity index (χ0v) is 25.3. The summed E-state index contributed by atoms with van der Waals surface area (Å²) in [4.78, 5) is 29.4. The highest BCUT2D eigenvalue weighted by Crippen LogP contribution is 2.26. The van der Waals surface area contributed by atoms with E-state index in [0.717, 1.165) is 52.2 Å². The van der Waals surface area contributed by atoms with Gasteiger partial charge >= 0.3 is 0 Å². The Kier molecular flexibility index (Phi) is 9.86. The van der Waals surface area contributed by atoms with Crippen LogP contribution in [-0.4, -0.2) is 43.8 Å². The number of nitrogens with zero attached hydrogens (tertiary/aromatic N) is 2. The summed E-state index contributed by atoms with van der Waals surface area (Å²) >= 11 is 0. The second-order valence-corrected chi connectivity index (χ2v) is 12.9. The number of amides is 2. The lowest BCUT2D eigenvalue weighted by molar-refractivity contribution is -0.140. The lowest BCUT2D eigenvalue weighted by Crippen LogP contribution is -2.53. The quantitative estimate of drug-likeness (QED) is 0.319. The van der Waals surface area contributed by atoms with E-state index in [1.54, 1.807) is 41.3 Å². The summed E-state index contributed by atoms with van der Waals surface area (Å²) < 4.78 is 29.1. The third kappa shape index (κ3) is 7.55. The van der Waals surface area contributed by atoms with Crippen LogP contribution in [0.25, 0.3) is 0 Å². The van der Waals surface area contributed by atoms with Crippen molar-refractivity contribution < 1.29 is 18.0 Å². The van der Waals surface area contributed by atoms with Crippen molar-refractivity contribution in [2.45, 2.75) is 83.3 Å². The first-order chi connectivity index (χ1) is 19.6. The molecule has 1 saturated carbocycles. The van der Waals surface area contributed by atoms with Crippen molar-refractivity contribution in [3.63, 3.8) is 0 Å². The predicted molar refractivity (Wildman–Crippen MR) is 163 cm³/mol. The van der Waals surface area contributed by atoms with Gasteiger partial charge < -0.3 is 10.2 Å². The minimum atomic E-state index is -4.08. The molecule has 0 spiro atoms. The highest BCUT2D eigenvalue weighted by Gasteiger charge is 2.34. The monoisotopic (exact) mass is 575 g/mol. The molecule has 7 nitrogen and oxygen atoms in total. The summed E-state index contributed by atoms with van der Waals surface area (Å²) in [6.07, 6.45) is 4.44. The minimum Gasteiger partial charge on any atom is -0.352 e. The summed E-state index contributed by atoms with van der Waals surface area (Å²) in [7, 11) is -4.08. The van der Waals surface area contributed by atoms with E-state index in [9.17, 15) is 18.0 Å². The van der Waals surface area contributed by atoms with Gasteiger partial charge in [-0.1, -0.05) is 85.0 Å². The molecule has 1 aliphatic carbocycles. The molecule has 0 aromatic heterocycles. The first-order valence-electron chi connectivity index (χ1n) is 14.4. The number of carbonyl (C=O) groups excluding carboxylic acids is 2. The molecule has 1 aliphatic rings. The molecule has 3 aromatic rings. The largest absolute Gasteiger partial charge is 0.352 e. The normalized spacial score (nSPS) is 14.4. The molecule has 0 unspecified atom stereocenters. The van der Waals surface area contributed by atoms with Gasteiger partial charge in [-0.05, 0) is 69.9 Å². The van der Waals surface area contributed by atoms with Gasteiger partial charge in [0.2, 0.25) is 11.8 Å². The Hall–Kier alpha value is -3.65. The van der Waals surface area contributed by atoms with Crippen molar-refractivity contribution >= 4 is 27.5 Å². The van der Waals surface area contributed by atoms with Crippen LogP contribution in [0.4, 0.5) is 5.69 Å². The Balaban J connectivity index is 1.70. The maximum atomic E-state index is 14.2. The molecule has 0 aliphatic heterocycles. The first kappa shape index (κ1) is 30.3. The molecule has 0 bridgehead atoms. The SMILES string of the molecule is CC[C@H](C(=O)NC1CCCC1)N(Cc1ccc(C)cc1)C(=O)CN(c1ccc(C)cc1)S(=O)(=O)c1ccc(C)cc1. The van der Waals surface area contributed by atoms with Gasteiger partial charge in [0.1, 0.15) is 12.6 Å². The highest BCUT2D eigenvalue weighted by molar-refractivity contribution is 7.92. The van der Waals surface area contributed by atoms with Gasteiger partial charge in [0.15, 0.2) is 0 Å². The zero-order valence-electron chi connectivity index (χ0n) is 24.5. The smallest absolute Gasteiger partial charge is 0.264 e. The summed E-state index contributed by atoms with van der Waals surface area (Å²) in [6.45, 7) is 7.45. The van der Waals surface area contributed by atoms with Crippen LogP contribution in [0, 0.1) is 20.8 Å². The van der Waals surface area contributed by atoms with Gasteiger partial charge in [-0.3, -0.25) is 13.9 Å². The summed E-state index contributed by atoms with van der Waals surface area (Å²) in [5.41, 5.74) is 4.27. The van der Waals surface area contributed by atoms with Crippen LogP contribution in [0.3, 0.4) is 0 Å². The molecule has 0 radical (unpaired) electrons. The number of benzene rings is 3. The summed E-state index contributed by atoms with van der Waals surface area (Å²) in [5.74, 6) is -0.626. The number of aryl methyl sites for hydroxylation is 3. The van der Waals surface area contributed by atoms with Gasteiger partial charge in [0.25, 0.3) is 10.0 Å². The van der Waals surface area contributed by atoms with Crippen LogP contribution in [0.1, 0.15) is 61.3 Å². The number of anilines is 1. The average Bonchev–Trinajstić information content (AvgIpc) is 3.46. The fourth-order valence-corrected chi connectivity index (χ4v) is 6.67. The van der Waals surface area contributed by atoms with E-state index in [4.69, 9.17) is 0 Å². The molecule has 41 heavy (non-hydrogen) atoms. The molecular formula is C33H41N3O4S. The Morgan fingerprint density at radius 2 is 1.34 bits per heavy atom. The Morgan fingerprint density at radius 1 is 0.829 bits per heavy atom. The van der Waals surface area contributed by atoms with Crippen LogP contribution < -0.4 is 9.62 Å². The van der Waals surface area contributed by atoms with Crippen molar-refractivity contribution in [3.8, 4) is 0 Å². The van der Waals surface area contributed by atoms with Gasteiger partial charge in [0, 0.05) is 12.6 Å². The molecule has 4 rings (SSSR count). The van der Waals surface area contributed by atoms with Crippen LogP contribution in [0.2, 0.25) is 0 Å². The standard InChI is InChI=1S/C33H41N3O4S/c1-5-31(33(38)34-28-8-6-7-9-28)35(22-27-16-10-24(2)11-17-27)32(37)23-36(29-18-12-25(3)13-19-29)41(39,40)30-20-14-26(4)15-21-30/h10-21,28,31H,5-9,22-23H2,1-4H3,(H,34,38)/t31-/m1/s1. The molecule has 1 N–H and O–H groups in total. The fraction of sp³-hybridized carbons (Fsp3) is 0.394. The fourth-order valence-electron chi connectivity index (χ4n) is 5.25. The third-order valence-corrected chi connectivity index (χ3v) is 9.56. The van der Waals surface area contributed by atoms with Gasteiger partial charge in [-0.15, -0.1) is 0 Å². The van der Waals surface area contributed by atoms with Gasteiger partial charge in [0.05, 0.1) is 10.6 Å². The number of sulfonamides is 1. The molecule has 2 amide bonds. The van der Waals surface area contributed by atoms with Crippen molar-refractivity contribution in [3.05, 3.63) is 95.1 Å². The van der Waals surface area contributed by atoms with Crippen LogP contribution in [0.15, 0.2) is 77.7 Å². The lowest BCUT2D eigenvalue weighted by atomic mass is 10.1. The number of nitrogens with one attached hydrogen (secondary N) is 1. The molecule has 1 fully saturated rings. The molecule has 8 heteroatoms. The van der Waals surface area contributed by atoms with Crippen molar-refractivity contribution in [1.29, 1.82) is 0 Å². The van der Waals surface area contributed by atoms with Crippen LogP contribution in [0.5, 0.6) is 0 Å². The second kappa shape index (κ2) is 13.3. The van der Waals surface area contributed by atoms with Crippen molar-refractivity contribution in [1.82, 2.24) is 10.2 Å². The van der Waals surface area contributed by atoms with E-state index >= 15 is 0 Å². The third-order valence-electron chi connectivity index (χ3n) is 7.77. The summed E-state index contributed by atoms with van der Waals surface area (Å²) in [6, 6.07) is 20.9. The van der Waals surface area contributed by atoms with Crippen molar-refractivity contribution in [2.24, 2.45) is 0 Å². The topological polar surface area (TPSA) is 86.8 Å². The number of carbonyl (C=O) groups is 2.